The summed E-state index contributed by atoms with van der Waals surface area (Å²) in [6.45, 7) is 3.64. The van der Waals surface area contributed by atoms with Gasteiger partial charge in [0, 0.05) is 6.42 Å². The number of allylic oxidation sites excluding steroid dienone is 18. The zero-order chi connectivity index (χ0) is 50.8. The molecule has 0 spiro atoms. The van der Waals surface area contributed by atoms with Crippen molar-refractivity contribution < 1.29 is 39.8 Å². The lowest BCUT2D eigenvalue weighted by Gasteiger charge is -2.40. The average Bonchev–Trinajstić information content (AvgIpc) is 3.36. The van der Waals surface area contributed by atoms with Crippen LogP contribution in [0.2, 0.25) is 0 Å². The fourth-order valence-electron chi connectivity index (χ4n) is 8.21. The monoisotopic (exact) mass is 978 g/mol. The van der Waals surface area contributed by atoms with Gasteiger partial charge in [0.2, 0.25) is 5.91 Å². The second-order valence-electron chi connectivity index (χ2n) is 19.0. The summed E-state index contributed by atoms with van der Waals surface area (Å²) in [6, 6.07) is -0.721. The van der Waals surface area contributed by atoms with E-state index in [0.717, 1.165) is 96.3 Å². The van der Waals surface area contributed by atoms with Crippen LogP contribution in [-0.2, 0) is 14.3 Å². The first-order valence-corrected chi connectivity index (χ1v) is 28.1. The van der Waals surface area contributed by atoms with E-state index in [-0.39, 0.29) is 12.5 Å². The summed E-state index contributed by atoms with van der Waals surface area (Å²) >= 11 is 0. The Labute approximate surface area is 427 Å². The molecule has 7 unspecified atom stereocenters. The predicted octanol–water partition coefficient (Wildman–Crippen LogP) is 13.8. The third-order valence-electron chi connectivity index (χ3n) is 12.6. The number of hydrogen-bond acceptors (Lipinski definition) is 8. The molecule has 400 valence electrons. The van der Waals surface area contributed by atoms with Crippen molar-refractivity contribution in [3.63, 3.8) is 0 Å². The van der Waals surface area contributed by atoms with Gasteiger partial charge >= 0.3 is 0 Å². The number of aliphatic hydroxyl groups excluding tert-OH is 5. The summed E-state index contributed by atoms with van der Waals surface area (Å²) < 4.78 is 11.2. The molecule has 0 aromatic heterocycles. The maximum Gasteiger partial charge on any atom is 0.220 e. The minimum absolute atomic E-state index is 0.144. The molecule has 1 fully saturated rings. The maximum absolute atomic E-state index is 12.9. The third-order valence-corrected chi connectivity index (χ3v) is 12.6. The predicted molar refractivity (Wildman–Crippen MR) is 294 cm³/mol. The summed E-state index contributed by atoms with van der Waals surface area (Å²) in [5, 5.41) is 54.1. The van der Waals surface area contributed by atoms with Crippen LogP contribution in [0.4, 0.5) is 0 Å². The largest absolute Gasteiger partial charge is 0.394 e. The van der Waals surface area contributed by atoms with Gasteiger partial charge in [-0.15, -0.1) is 0 Å². The van der Waals surface area contributed by atoms with Gasteiger partial charge in [0.05, 0.1) is 25.4 Å². The van der Waals surface area contributed by atoms with Crippen LogP contribution in [0.15, 0.2) is 109 Å². The second-order valence-corrected chi connectivity index (χ2v) is 19.0. The molecule has 1 saturated heterocycles. The first-order valence-electron chi connectivity index (χ1n) is 28.1. The van der Waals surface area contributed by atoms with Gasteiger partial charge in [-0.05, 0) is 83.5 Å². The summed E-state index contributed by atoms with van der Waals surface area (Å²) in [4.78, 5) is 12.9. The molecule has 0 saturated carbocycles. The number of carbonyl (C=O) groups excluding carboxylic acids is 1. The van der Waals surface area contributed by atoms with E-state index in [1.807, 2.05) is 0 Å². The average molecular weight is 978 g/mol. The van der Waals surface area contributed by atoms with E-state index < -0.39 is 49.5 Å². The number of carbonyl (C=O) groups is 1. The van der Waals surface area contributed by atoms with E-state index in [9.17, 15) is 30.3 Å². The van der Waals surface area contributed by atoms with Gasteiger partial charge in [0.15, 0.2) is 6.29 Å². The molecule has 7 atom stereocenters. The van der Waals surface area contributed by atoms with Crippen molar-refractivity contribution >= 4 is 5.91 Å². The number of amides is 1. The lowest BCUT2D eigenvalue weighted by atomic mass is 9.99. The van der Waals surface area contributed by atoms with Gasteiger partial charge in [-0.25, -0.2) is 0 Å². The van der Waals surface area contributed by atoms with E-state index in [1.165, 1.54) is 89.9 Å². The van der Waals surface area contributed by atoms with Crippen molar-refractivity contribution in [2.45, 2.75) is 256 Å². The van der Waals surface area contributed by atoms with Crippen LogP contribution in [0.5, 0.6) is 0 Å². The number of ether oxygens (including phenoxy) is 2. The number of hydrogen-bond donors (Lipinski definition) is 6. The highest BCUT2D eigenvalue weighted by atomic mass is 16.7. The molecule has 1 rings (SSSR count). The van der Waals surface area contributed by atoms with Gasteiger partial charge in [-0.1, -0.05) is 232 Å². The quantitative estimate of drug-likeness (QED) is 0.0261. The zero-order valence-corrected chi connectivity index (χ0v) is 44.2. The molecule has 70 heavy (non-hydrogen) atoms. The molecule has 9 heteroatoms. The Bertz CT molecular complexity index is 1460. The SMILES string of the molecule is CC/C=C\C/C=C\C/C=C\C/C=C\C/C=C\C/C=C\C/C=C\C/C=C\C/C=C\CCCCCCCCCCCCCCCC(=O)NC(COC1OC(CO)C(O)C(O)C1O)C(O)CCCCCCCC. The van der Waals surface area contributed by atoms with E-state index in [4.69, 9.17) is 9.47 Å². The molecule has 1 aliphatic heterocycles. The highest BCUT2D eigenvalue weighted by Crippen LogP contribution is 2.23. The molecule has 0 bridgehead atoms. The topological polar surface area (TPSA) is 149 Å². The normalized spacial score (nSPS) is 20.2. The van der Waals surface area contributed by atoms with Crippen LogP contribution in [0.25, 0.3) is 0 Å². The Balaban J connectivity index is 2.03. The van der Waals surface area contributed by atoms with Gasteiger partial charge in [-0.3, -0.25) is 4.79 Å². The number of rotatable bonds is 46. The van der Waals surface area contributed by atoms with Crippen molar-refractivity contribution in [3.8, 4) is 0 Å². The standard InChI is InChI=1S/C61H103NO8/c1-3-5-7-9-11-12-13-14-15-16-17-18-19-20-21-22-23-24-25-26-27-28-29-30-31-32-33-34-35-36-37-38-39-40-41-42-43-44-45-47-49-51-57(65)62-54(55(64)50-48-46-10-8-6-4-2)53-69-61-60(68)59(67)58(66)56(52-63)70-61/h5,7,11-12,14-15,17-18,20-21,23-24,26-27,29-30,32-33,54-56,58-61,63-64,66-68H,3-4,6,8-10,13,16,19,22,25,28,31,34-53H2,1-2H3,(H,62,65)/b7-5-,12-11-,15-14-,18-17-,21-20-,24-23-,27-26-,30-29-,33-32-. The molecule has 0 radical (unpaired) electrons. The maximum atomic E-state index is 12.9. The van der Waals surface area contributed by atoms with Crippen LogP contribution < -0.4 is 5.32 Å². The molecule has 1 amide bonds. The highest BCUT2D eigenvalue weighted by molar-refractivity contribution is 5.76. The fraction of sp³-hybridized carbons (Fsp3) is 0.689. The Hall–Kier alpha value is -3.15. The van der Waals surface area contributed by atoms with E-state index in [0.29, 0.717) is 12.8 Å². The lowest BCUT2D eigenvalue weighted by molar-refractivity contribution is -0.302. The van der Waals surface area contributed by atoms with Crippen LogP contribution in [0.1, 0.15) is 213 Å². The summed E-state index contributed by atoms with van der Waals surface area (Å²) in [6.07, 6.45) is 66.0. The van der Waals surface area contributed by atoms with Gasteiger partial charge in [-0.2, -0.15) is 0 Å². The lowest BCUT2D eigenvalue weighted by Crippen LogP contribution is -2.60. The number of aliphatic hydroxyl groups is 5. The first kappa shape index (κ1) is 64.9. The molecule has 1 heterocycles. The molecular formula is C61H103NO8. The third kappa shape index (κ3) is 38.5. The molecular weight excluding hydrogens is 875 g/mol. The van der Waals surface area contributed by atoms with Crippen molar-refractivity contribution in [2.75, 3.05) is 13.2 Å². The summed E-state index contributed by atoms with van der Waals surface area (Å²) in [5.41, 5.74) is 0. The number of nitrogens with one attached hydrogen (secondary N) is 1. The van der Waals surface area contributed by atoms with Gasteiger partial charge < -0.3 is 40.3 Å². The molecule has 0 aromatic rings. The van der Waals surface area contributed by atoms with Crippen molar-refractivity contribution in [2.24, 2.45) is 0 Å². The summed E-state index contributed by atoms with van der Waals surface area (Å²) in [5.74, 6) is -0.155. The minimum atomic E-state index is -1.55. The van der Waals surface area contributed by atoms with Crippen molar-refractivity contribution in [1.29, 1.82) is 0 Å². The van der Waals surface area contributed by atoms with Gasteiger partial charge in [0.1, 0.15) is 24.4 Å². The van der Waals surface area contributed by atoms with Crippen molar-refractivity contribution in [3.05, 3.63) is 109 Å². The Morgan fingerprint density at radius 3 is 1.31 bits per heavy atom. The van der Waals surface area contributed by atoms with Crippen LogP contribution in [0.3, 0.4) is 0 Å². The smallest absolute Gasteiger partial charge is 0.220 e. The summed E-state index contributed by atoms with van der Waals surface area (Å²) in [7, 11) is 0. The zero-order valence-electron chi connectivity index (χ0n) is 44.2. The molecule has 6 N–H and O–H groups in total. The highest BCUT2D eigenvalue weighted by Gasteiger charge is 2.44. The van der Waals surface area contributed by atoms with E-state index in [2.05, 4.69) is 129 Å². The number of unbranched alkanes of at least 4 members (excludes halogenated alkanes) is 18. The van der Waals surface area contributed by atoms with Crippen LogP contribution in [-0.4, -0.2) is 87.5 Å². The molecule has 0 aliphatic carbocycles. The van der Waals surface area contributed by atoms with Crippen LogP contribution >= 0.6 is 0 Å². The van der Waals surface area contributed by atoms with E-state index in [1.54, 1.807) is 0 Å². The van der Waals surface area contributed by atoms with Crippen LogP contribution in [0, 0.1) is 0 Å². The second kappa shape index (κ2) is 49.4. The Morgan fingerprint density at radius 2 is 0.886 bits per heavy atom. The molecule has 9 nitrogen and oxygen atoms in total. The van der Waals surface area contributed by atoms with E-state index >= 15 is 0 Å². The molecule has 1 aliphatic rings. The van der Waals surface area contributed by atoms with Gasteiger partial charge in [0.25, 0.3) is 0 Å². The molecule has 0 aromatic carbocycles. The Kier molecular flexibility index (Phi) is 45.8. The Morgan fingerprint density at radius 1 is 0.500 bits per heavy atom. The van der Waals surface area contributed by atoms with Crippen molar-refractivity contribution in [1.82, 2.24) is 5.32 Å². The fourth-order valence-corrected chi connectivity index (χ4v) is 8.21. The first-order chi connectivity index (χ1) is 34.3. The minimum Gasteiger partial charge on any atom is -0.394 e.